The van der Waals surface area contributed by atoms with Gasteiger partial charge in [0.1, 0.15) is 0 Å². The number of amides is 2. The number of hydrogen-bond donors (Lipinski definition) is 1. The second kappa shape index (κ2) is 9.11. The van der Waals surface area contributed by atoms with Crippen LogP contribution in [0.1, 0.15) is 78.2 Å². The summed E-state index contributed by atoms with van der Waals surface area (Å²) in [4.78, 5) is 20.2. The summed E-state index contributed by atoms with van der Waals surface area (Å²) >= 11 is 0. The molecule has 0 radical (unpaired) electrons. The van der Waals surface area contributed by atoms with E-state index in [1.54, 1.807) is 0 Å². The van der Waals surface area contributed by atoms with E-state index < -0.39 is 11.9 Å². The Labute approximate surface area is 206 Å². The third-order valence-electron chi connectivity index (χ3n) is 8.70. The topological polar surface area (TPSA) is 56.2 Å². The van der Waals surface area contributed by atoms with E-state index in [9.17, 15) is 9.90 Å². The molecular weight excluding hydrogens is 426 g/mol. The normalized spacial score (nSPS) is 30.2. The van der Waals surface area contributed by atoms with Crippen LogP contribution in [0.4, 0.5) is 4.79 Å². The molecule has 6 heteroatoms. The number of nitrogens with zero attached hydrogens (tertiary/aromatic N) is 3. The van der Waals surface area contributed by atoms with Crippen LogP contribution in [0.3, 0.4) is 0 Å². The monoisotopic (exact) mass is 471 g/mol. The minimum atomic E-state index is -0.978. The summed E-state index contributed by atoms with van der Waals surface area (Å²) in [6, 6.07) is 10.9. The van der Waals surface area contributed by atoms with E-state index in [1.165, 1.54) is 24.8 Å². The van der Waals surface area contributed by atoms with Crippen molar-refractivity contribution in [1.82, 2.24) is 14.7 Å². The highest BCUT2D eigenvalue weighted by atomic mass is 16.6. The van der Waals surface area contributed by atoms with Gasteiger partial charge in [0.15, 0.2) is 6.29 Å². The number of ether oxygens (including phenoxy) is 1. The Morgan fingerprint density at radius 1 is 1.06 bits per heavy atom. The Kier molecular flexibility index (Phi) is 6.82. The van der Waals surface area contributed by atoms with E-state index >= 15 is 0 Å². The van der Waals surface area contributed by atoms with E-state index in [0.29, 0.717) is 6.54 Å². The number of rotatable bonds is 7. The maximum atomic E-state index is 13.7. The zero-order valence-corrected chi connectivity index (χ0v) is 22.1. The van der Waals surface area contributed by atoms with Gasteiger partial charge < -0.3 is 19.6 Å². The van der Waals surface area contributed by atoms with Gasteiger partial charge in [0, 0.05) is 18.6 Å². The number of aliphatic hydroxyl groups excluding tert-OH is 1. The van der Waals surface area contributed by atoms with Gasteiger partial charge in [-0.3, -0.25) is 4.90 Å². The zero-order valence-electron chi connectivity index (χ0n) is 22.1. The SMILES string of the molecule is CN(C)C1(c2ccccc2)CCC2(CC1)CN(CC(O)OC(C)(C)C)C(=O)N2CC1(C)CCC1. The van der Waals surface area contributed by atoms with Crippen LogP contribution in [0.15, 0.2) is 30.3 Å². The van der Waals surface area contributed by atoms with Gasteiger partial charge >= 0.3 is 6.03 Å². The molecule has 1 atom stereocenters. The first kappa shape index (κ1) is 25.5. The predicted octanol–water partition coefficient (Wildman–Crippen LogP) is 4.82. The zero-order chi connectivity index (χ0) is 24.8. The quantitative estimate of drug-likeness (QED) is 0.580. The molecule has 1 unspecified atom stereocenters. The maximum absolute atomic E-state index is 13.7. The highest BCUT2D eigenvalue weighted by molar-refractivity contribution is 5.78. The molecule has 1 aromatic rings. The van der Waals surface area contributed by atoms with Crippen LogP contribution >= 0.6 is 0 Å². The van der Waals surface area contributed by atoms with Crippen molar-refractivity contribution in [1.29, 1.82) is 0 Å². The fraction of sp³-hybridized carbons (Fsp3) is 0.750. The molecule has 2 saturated carbocycles. The van der Waals surface area contributed by atoms with Crippen LogP contribution in [-0.4, -0.2) is 77.0 Å². The first-order valence-corrected chi connectivity index (χ1v) is 13.0. The van der Waals surface area contributed by atoms with Gasteiger partial charge in [-0.05, 0) is 84.4 Å². The minimum absolute atomic E-state index is 0.0100. The molecule has 1 N–H and O–H groups in total. The lowest BCUT2D eigenvalue weighted by Crippen LogP contribution is -2.57. The molecule has 190 valence electrons. The van der Waals surface area contributed by atoms with Gasteiger partial charge in [0.2, 0.25) is 0 Å². The fourth-order valence-corrected chi connectivity index (χ4v) is 6.51. The predicted molar refractivity (Wildman–Crippen MR) is 135 cm³/mol. The fourth-order valence-electron chi connectivity index (χ4n) is 6.51. The second-order valence-electron chi connectivity index (χ2n) is 12.6. The lowest BCUT2D eigenvalue weighted by atomic mass is 9.66. The third kappa shape index (κ3) is 4.87. The van der Waals surface area contributed by atoms with Crippen molar-refractivity contribution < 1.29 is 14.6 Å². The molecule has 1 aliphatic heterocycles. The first-order valence-electron chi connectivity index (χ1n) is 13.0. The Balaban J connectivity index is 1.57. The second-order valence-corrected chi connectivity index (χ2v) is 12.6. The standard InChI is InChI=1S/C28H45N3O3/c1-25(2,3)34-23(32)19-30-21-27(31(24(30)33)20-26(4)13-10-14-26)15-17-28(18-16-27,29(5)6)22-11-8-7-9-12-22/h7-9,11-12,23,32H,10,13-21H2,1-6H3. The van der Waals surface area contributed by atoms with E-state index in [4.69, 9.17) is 4.74 Å². The lowest BCUT2D eigenvalue weighted by Gasteiger charge is -2.53. The Morgan fingerprint density at radius 3 is 2.18 bits per heavy atom. The molecule has 2 aliphatic carbocycles. The molecule has 1 saturated heterocycles. The highest BCUT2D eigenvalue weighted by Gasteiger charge is 2.56. The highest BCUT2D eigenvalue weighted by Crippen LogP contribution is 2.51. The summed E-state index contributed by atoms with van der Waals surface area (Å²) in [5.74, 6) is 0. The Bertz CT molecular complexity index is 851. The van der Waals surface area contributed by atoms with Crippen LogP contribution in [-0.2, 0) is 10.3 Å². The third-order valence-corrected chi connectivity index (χ3v) is 8.70. The van der Waals surface area contributed by atoms with E-state index in [1.807, 2.05) is 25.7 Å². The minimum Gasteiger partial charge on any atom is -0.366 e. The molecule has 4 rings (SSSR count). The number of hydrogen-bond acceptors (Lipinski definition) is 4. The molecule has 1 spiro atoms. The molecule has 6 nitrogen and oxygen atoms in total. The van der Waals surface area contributed by atoms with Crippen LogP contribution in [0.25, 0.3) is 0 Å². The lowest BCUT2D eigenvalue weighted by molar-refractivity contribution is -0.170. The van der Waals surface area contributed by atoms with E-state index in [0.717, 1.165) is 32.2 Å². The summed E-state index contributed by atoms with van der Waals surface area (Å²) in [5, 5.41) is 10.6. The van der Waals surface area contributed by atoms with Crippen molar-refractivity contribution >= 4 is 6.03 Å². The molecule has 1 heterocycles. The van der Waals surface area contributed by atoms with Crippen LogP contribution < -0.4 is 0 Å². The summed E-state index contributed by atoms with van der Waals surface area (Å²) in [6.45, 7) is 9.83. The van der Waals surface area contributed by atoms with Gasteiger partial charge in [-0.15, -0.1) is 0 Å². The average Bonchev–Trinajstić information content (AvgIpc) is 2.97. The Morgan fingerprint density at radius 2 is 1.68 bits per heavy atom. The summed E-state index contributed by atoms with van der Waals surface area (Å²) < 4.78 is 5.75. The van der Waals surface area contributed by atoms with Gasteiger partial charge in [0.25, 0.3) is 0 Å². The van der Waals surface area contributed by atoms with Crippen molar-refractivity contribution in [3.63, 3.8) is 0 Å². The molecule has 1 aromatic carbocycles. The van der Waals surface area contributed by atoms with Crippen molar-refractivity contribution in [2.75, 3.05) is 33.7 Å². The van der Waals surface area contributed by atoms with Gasteiger partial charge in [-0.2, -0.15) is 0 Å². The summed E-state index contributed by atoms with van der Waals surface area (Å²) in [7, 11) is 4.37. The number of benzene rings is 1. The van der Waals surface area contributed by atoms with E-state index in [2.05, 4.69) is 61.2 Å². The molecule has 3 fully saturated rings. The van der Waals surface area contributed by atoms with Crippen molar-refractivity contribution in [3.05, 3.63) is 35.9 Å². The molecule has 3 aliphatic rings. The number of carbonyl (C=O) groups is 1. The van der Waals surface area contributed by atoms with Crippen LogP contribution in [0, 0.1) is 5.41 Å². The summed E-state index contributed by atoms with van der Waals surface area (Å²) in [6.07, 6.45) is 6.62. The van der Waals surface area contributed by atoms with Gasteiger partial charge in [-0.25, -0.2) is 4.79 Å². The van der Waals surface area contributed by atoms with Gasteiger partial charge in [0.05, 0.1) is 17.7 Å². The van der Waals surface area contributed by atoms with Crippen LogP contribution in [0.5, 0.6) is 0 Å². The van der Waals surface area contributed by atoms with Crippen molar-refractivity contribution in [2.45, 2.75) is 95.6 Å². The number of carbonyl (C=O) groups excluding carboxylic acids is 1. The molecule has 0 bridgehead atoms. The smallest absolute Gasteiger partial charge is 0.320 e. The Hall–Kier alpha value is -1.63. The largest absolute Gasteiger partial charge is 0.366 e. The number of β-amino-alcohol motifs (C(OH)–C–C–N with tert-alkyl or cyclic N) is 1. The first-order chi connectivity index (χ1) is 15.9. The van der Waals surface area contributed by atoms with Crippen molar-refractivity contribution in [3.8, 4) is 0 Å². The van der Waals surface area contributed by atoms with Gasteiger partial charge in [-0.1, -0.05) is 43.7 Å². The molecular formula is C28H45N3O3. The summed E-state index contributed by atoms with van der Waals surface area (Å²) in [5.41, 5.74) is 0.942. The molecule has 2 amide bonds. The van der Waals surface area contributed by atoms with Crippen LogP contribution in [0.2, 0.25) is 0 Å². The van der Waals surface area contributed by atoms with Crippen molar-refractivity contribution in [2.24, 2.45) is 5.41 Å². The molecule has 0 aromatic heterocycles. The number of urea groups is 1. The number of aliphatic hydroxyl groups is 1. The molecule has 34 heavy (non-hydrogen) atoms. The maximum Gasteiger partial charge on any atom is 0.320 e. The average molecular weight is 472 g/mol. The van der Waals surface area contributed by atoms with E-state index in [-0.39, 0.29) is 29.1 Å².